The van der Waals surface area contributed by atoms with E-state index in [4.69, 9.17) is 4.42 Å². The van der Waals surface area contributed by atoms with Crippen LogP contribution < -0.4 is 5.56 Å². The Balaban J connectivity index is 1.24. The van der Waals surface area contributed by atoms with Gasteiger partial charge in [-0.25, -0.2) is 9.37 Å². The fourth-order valence-electron chi connectivity index (χ4n) is 4.34. The fourth-order valence-corrected chi connectivity index (χ4v) is 5.31. The smallest absolute Gasteiger partial charge is 0.258 e. The van der Waals surface area contributed by atoms with Crippen molar-refractivity contribution in [2.45, 2.75) is 32.1 Å². The summed E-state index contributed by atoms with van der Waals surface area (Å²) in [6.07, 6.45) is 4.74. The number of nitrogens with zero attached hydrogens (tertiary/aromatic N) is 3. The number of halogens is 1. The van der Waals surface area contributed by atoms with Gasteiger partial charge in [0.1, 0.15) is 11.4 Å². The van der Waals surface area contributed by atoms with Crippen LogP contribution in [-0.4, -0.2) is 33.9 Å². The van der Waals surface area contributed by atoms with Gasteiger partial charge in [0.05, 0.1) is 6.26 Å². The molecule has 0 saturated carbocycles. The summed E-state index contributed by atoms with van der Waals surface area (Å²) >= 11 is 1.53. The van der Waals surface area contributed by atoms with Crippen LogP contribution in [0.1, 0.15) is 35.7 Å². The van der Waals surface area contributed by atoms with E-state index in [1.54, 1.807) is 16.7 Å². The number of aromatic nitrogens is 2. The quantitative estimate of drug-likeness (QED) is 0.500. The number of fused-ring (bicyclic) bond motifs is 2. The third-order valence-corrected chi connectivity index (χ3v) is 6.76. The Morgan fingerprint density at radius 3 is 2.93 bits per heavy atom. The average Bonchev–Trinajstić information content (AvgIpc) is 3.30. The van der Waals surface area contributed by atoms with E-state index in [1.807, 2.05) is 18.4 Å². The summed E-state index contributed by atoms with van der Waals surface area (Å²) in [6.45, 7) is 4.79. The lowest BCUT2D eigenvalue weighted by atomic mass is 9.89. The number of piperidine rings is 1. The van der Waals surface area contributed by atoms with Crippen LogP contribution in [0, 0.1) is 12.7 Å². The Morgan fingerprint density at radius 2 is 2.10 bits per heavy atom. The van der Waals surface area contributed by atoms with Gasteiger partial charge >= 0.3 is 0 Å². The third-order valence-electron chi connectivity index (χ3n) is 5.88. The van der Waals surface area contributed by atoms with Gasteiger partial charge < -0.3 is 9.32 Å². The predicted molar refractivity (Wildman–Crippen MR) is 112 cm³/mol. The highest BCUT2D eigenvalue weighted by Gasteiger charge is 2.24. The Kier molecular flexibility index (Phi) is 4.72. The van der Waals surface area contributed by atoms with Crippen LogP contribution in [0.25, 0.3) is 15.9 Å². The first kappa shape index (κ1) is 18.5. The molecule has 1 aliphatic heterocycles. The molecule has 1 aliphatic rings. The lowest BCUT2D eigenvalue weighted by Gasteiger charge is -2.31. The van der Waals surface area contributed by atoms with Gasteiger partial charge in [-0.05, 0) is 50.9 Å². The molecular weight excluding hydrogens is 389 g/mol. The first-order valence-electron chi connectivity index (χ1n) is 9.94. The third kappa shape index (κ3) is 3.49. The van der Waals surface area contributed by atoms with E-state index in [2.05, 4.69) is 9.88 Å². The number of benzene rings is 1. The number of rotatable bonds is 4. The maximum Gasteiger partial charge on any atom is 0.258 e. The predicted octanol–water partition coefficient (Wildman–Crippen LogP) is 4.37. The Morgan fingerprint density at radius 1 is 1.28 bits per heavy atom. The highest BCUT2D eigenvalue weighted by atomic mass is 32.1. The summed E-state index contributed by atoms with van der Waals surface area (Å²) in [5.41, 5.74) is 3.62. The summed E-state index contributed by atoms with van der Waals surface area (Å²) in [5, 5.41) is 3.07. The monoisotopic (exact) mass is 411 g/mol. The first-order valence-corrected chi connectivity index (χ1v) is 10.8. The molecule has 5 rings (SSSR count). The SMILES string of the molecule is Cc1cc(=O)n2c(CCN3CCC(c4coc5cc(F)ccc45)CC3)csc2n1. The number of aryl methyl sites for hydroxylation is 1. The molecule has 7 heteroatoms. The zero-order valence-electron chi connectivity index (χ0n) is 16.2. The normalized spacial score (nSPS) is 16.2. The molecule has 1 fully saturated rings. The molecule has 0 radical (unpaired) electrons. The summed E-state index contributed by atoms with van der Waals surface area (Å²) in [6, 6.07) is 6.37. The van der Waals surface area contributed by atoms with Crippen LogP contribution in [0.5, 0.6) is 0 Å². The summed E-state index contributed by atoms with van der Waals surface area (Å²) < 4.78 is 20.7. The van der Waals surface area contributed by atoms with Crippen molar-refractivity contribution in [3.63, 3.8) is 0 Å². The van der Waals surface area contributed by atoms with E-state index in [0.717, 1.165) is 60.6 Å². The molecule has 150 valence electrons. The van der Waals surface area contributed by atoms with Gasteiger partial charge in [0.2, 0.25) is 0 Å². The van der Waals surface area contributed by atoms with Gasteiger partial charge in [0, 0.05) is 52.8 Å². The van der Waals surface area contributed by atoms with Crippen molar-refractivity contribution < 1.29 is 8.81 Å². The van der Waals surface area contributed by atoms with E-state index >= 15 is 0 Å². The topological polar surface area (TPSA) is 50.8 Å². The van der Waals surface area contributed by atoms with Crippen LogP contribution in [0.4, 0.5) is 4.39 Å². The lowest BCUT2D eigenvalue weighted by Crippen LogP contribution is -2.34. The van der Waals surface area contributed by atoms with Crippen LogP contribution in [-0.2, 0) is 6.42 Å². The zero-order valence-corrected chi connectivity index (χ0v) is 17.0. The molecule has 4 aromatic rings. The van der Waals surface area contributed by atoms with Crippen molar-refractivity contribution in [3.05, 3.63) is 69.0 Å². The second-order valence-corrected chi connectivity index (χ2v) is 8.61. The molecule has 4 heterocycles. The highest BCUT2D eigenvalue weighted by Crippen LogP contribution is 2.34. The molecule has 0 spiro atoms. The van der Waals surface area contributed by atoms with Crippen LogP contribution >= 0.6 is 11.3 Å². The second-order valence-electron chi connectivity index (χ2n) is 7.78. The lowest BCUT2D eigenvalue weighted by molar-refractivity contribution is 0.214. The fraction of sp³-hybridized carbons (Fsp3) is 0.364. The minimum atomic E-state index is -0.265. The first-order chi connectivity index (χ1) is 14.1. The summed E-state index contributed by atoms with van der Waals surface area (Å²) in [5.74, 6) is 0.174. The van der Waals surface area contributed by atoms with E-state index in [0.29, 0.717) is 11.5 Å². The maximum absolute atomic E-state index is 13.4. The van der Waals surface area contributed by atoms with Crippen molar-refractivity contribution in [1.82, 2.24) is 14.3 Å². The number of likely N-dealkylation sites (tertiary alicyclic amines) is 1. The molecular formula is C22H22FN3O2S. The largest absolute Gasteiger partial charge is 0.464 e. The molecule has 1 aromatic carbocycles. The van der Waals surface area contributed by atoms with Gasteiger partial charge in [0.25, 0.3) is 5.56 Å². The van der Waals surface area contributed by atoms with Gasteiger partial charge in [-0.1, -0.05) is 0 Å². The van der Waals surface area contributed by atoms with Crippen LogP contribution in [0.3, 0.4) is 0 Å². The number of hydrogen-bond acceptors (Lipinski definition) is 5. The Labute approximate surface area is 171 Å². The van der Waals surface area contributed by atoms with Crippen molar-refractivity contribution in [2.75, 3.05) is 19.6 Å². The zero-order chi connectivity index (χ0) is 20.0. The molecule has 0 atom stereocenters. The molecule has 5 nitrogen and oxygen atoms in total. The summed E-state index contributed by atoms with van der Waals surface area (Å²) in [7, 11) is 0. The molecule has 1 saturated heterocycles. The molecule has 0 amide bonds. The van der Waals surface area contributed by atoms with E-state index in [1.165, 1.54) is 29.0 Å². The molecule has 0 N–H and O–H groups in total. The molecule has 0 bridgehead atoms. The minimum Gasteiger partial charge on any atom is -0.464 e. The second kappa shape index (κ2) is 7.39. The Bertz CT molecular complexity index is 1230. The van der Waals surface area contributed by atoms with Crippen LogP contribution in [0.15, 0.2) is 45.1 Å². The van der Waals surface area contributed by atoms with Crippen LogP contribution in [0.2, 0.25) is 0 Å². The van der Waals surface area contributed by atoms with Crippen molar-refractivity contribution in [2.24, 2.45) is 0 Å². The van der Waals surface area contributed by atoms with Crippen molar-refractivity contribution in [1.29, 1.82) is 0 Å². The van der Waals surface area contributed by atoms with E-state index in [9.17, 15) is 9.18 Å². The van der Waals surface area contributed by atoms with Gasteiger partial charge in [-0.2, -0.15) is 0 Å². The van der Waals surface area contributed by atoms with Gasteiger partial charge in [0.15, 0.2) is 4.96 Å². The number of furan rings is 1. The maximum atomic E-state index is 13.4. The average molecular weight is 412 g/mol. The van der Waals surface area contributed by atoms with Crippen molar-refractivity contribution >= 4 is 27.3 Å². The molecule has 0 unspecified atom stereocenters. The van der Waals surface area contributed by atoms with Gasteiger partial charge in [-0.3, -0.25) is 9.20 Å². The number of hydrogen-bond donors (Lipinski definition) is 0. The molecule has 0 aliphatic carbocycles. The van der Waals surface area contributed by atoms with E-state index < -0.39 is 0 Å². The Hall–Kier alpha value is -2.51. The molecule has 3 aromatic heterocycles. The standard InChI is InChI=1S/C22H22FN3O2S/c1-14-10-21(27)26-17(13-29-22(26)24-14)6-9-25-7-4-15(5-8-25)19-12-28-20-11-16(23)2-3-18(19)20/h2-3,10-13,15H,4-9H2,1H3. The highest BCUT2D eigenvalue weighted by molar-refractivity contribution is 7.15. The van der Waals surface area contributed by atoms with Crippen molar-refractivity contribution in [3.8, 4) is 0 Å². The molecule has 29 heavy (non-hydrogen) atoms. The minimum absolute atomic E-state index is 0.00531. The van der Waals surface area contributed by atoms with Gasteiger partial charge in [-0.15, -0.1) is 11.3 Å². The van der Waals surface area contributed by atoms with E-state index in [-0.39, 0.29) is 11.4 Å². The number of thiazole rings is 1. The summed E-state index contributed by atoms with van der Waals surface area (Å²) in [4.78, 5) is 20.0.